The highest BCUT2D eigenvalue weighted by Crippen LogP contribution is 2.41. The van der Waals surface area contributed by atoms with Crippen molar-refractivity contribution in [2.45, 2.75) is 23.9 Å². The Labute approximate surface area is 89.6 Å². The van der Waals surface area contributed by atoms with E-state index in [2.05, 4.69) is 23.2 Å². The van der Waals surface area contributed by atoms with Crippen LogP contribution in [0.3, 0.4) is 0 Å². The number of rotatable bonds is 4. The highest BCUT2D eigenvalue weighted by Gasteiger charge is 2.55. The topological polar surface area (TPSA) is 0 Å². The van der Waals surface area contributed by atoms with Crippen molar-refractivity contribution in [1.82, 2.24) is 0 Å². The molecular formula is C6H3Cl2F7. The lowest BCUT2D eigenvalue weighted by molar-refractivity contribution is -0.142. The number of hydrogen-bond acceptors (Lipinski definition) is 0. The lowest BCUT2D eigenvalue weighted by Gasteiger charge is -2.22. The van der Waals surface area contributed by atoms with Crippen LogP contribution in [-0.4, -0.2) is 17.5 Å². The molecule has 0 N–H and O–H groups in total. The molecule has 0 aromatic heterocycles. The van der Waals surface area contributed by atoms with E-state index < -0.39 is 35.0 Å². The van der Waals surface area contributed by atoms with Gasteiger partial charge in [-0.15, -0.1) is 0 Å². The van der Waals surface area contributed by atoms with Gasteiger partial charge in [-0.25, -0.2) is 13.2 Å². The minimum absolute atomic E-state index is 1.69. The van der Waals surface area contributed by atoms with Crippen molar-refractivity contribution in [1.29, 1.82) is 0 Å². The van der Waals surface area contributed by atoms with Gasteiger partial charge >= 0.3 is 5.38 Å². The molecule has 0 spiro atoms. The molecule has 0 aliphatic rings. The summed E-state index contributed by atoms with van der Waals surface area (Å²) in [4.78, 5) is 0. The zero-order valence-corrected chi connectivity index (χ0v) is 8.20. The van der Waals surface area contributed by atoms with Crippen molar-refractivity contribution in [2.24, 2.45) is 0 Å². The van der Waals surface area contributed by atoms with Gasteiger partial charge < -0.3 is 0 Å². The summed E-state index contributed by atoms with van der Waals surface area (Å²) in [6.45, 7) is 0. The fourth-order valence-corrected chi connectivity index (χ4v) is 0.941. The van der Waals surface area contributed by atoms with E-state index in [1.54, 1.807) is 0 Å². The molecule has 0 aliphatic carbocycles. The van der Waals surface area contributed by atoms with E-state index in [9.17, 15) is 30.7 Å². The third-order valence-electron chi connectivity index (χ3n) is 1.25. The average molecular weight is 279 g/mol. The van der Waals surface area contributed by atoms with Crippen molar-refractivity contribution in [2.75, 3.05) is 0 Å². The largest absolute Gasteiger partial charge is 0.358 e. The Morgan fingerprint density at radius 1 is 1.13 bits per heavy atom. The molecule has 0 aromatic carbocycles. The summed E-state index contributed by atoms with van der Waals surface area (Å²) >= 11 is 8.59. The lowest BCUT2D eigenvalue weighted by Crippen LogP contribution is -2.41. The molecule has 0 fully saturated rings. The summed E-state index contributed by atoms with van der Waals surface area (Å²) in [5.41, 5.74) is 0. The second kappa shape index (κ2) is 4.78. The molecule has 0 aliphatic heterocycles. The van der Waals surface area contributed by atoms with Gasteiger partial charge in [0.25, 0.3) is 12.0 Å². The summed E-state index contributed by atoms with van der Waals surface area (Å²) in [5, 5.41) is -6.54. The van der Waals surface area contributed by atoms with Gasteiger partial charge in [0.15, 0.2) is 0 Å². The quantitative estimate of drug-likeness (QED) is 0.524. The van der Waals surface area contributed by atoms with Gasteiger partial charge in [-0.1, -0.05) is 11.6 Å². The summed E-state index contributed by atoms with van der Waals surface area (Å²) < 4.78 is 84.5. The summed E-state index contributed by atoms with van der Waals surface area (Å²) in [6.07, 6.45) is -8.83. The highest BCUT2D eigenvalue weighted by atomic mass is 35.5. The zero-order valence-electron chi connectivity index (χ0n) is 6.69. The number of alkyl halides is 6. The lowest BCUT2D eigenvalue weighted by atomic mass is 10.1. The van der Waals surface area contributed by atoms with E-state index in [1.807, 2.05) is 0 Å². The zero-order chi connectivity index (χ0) is 12.4. The van der Waals surface area contributed by atoms with Gasteiger partial charge in [-0.05, 0) is 11.6 Å². The normalized spacial score (nSPS) is 15.0. The van der Waals surface area contributed by atoms with Crippen LogP contribution >= 0.6 is 23.2 Å². The smallest absolute Gasteiger partial charge is 0.233 e. The van der Waals surface area contributed by atoms with E-state index in [0.29, 0.717) is 0 Å². The molecule has 0 radical (unpaired) electrons. The first-order chi connectivity index (χ1) is 6.48. The van der Waals surface area contributed by atoms with Gasteiger partial charge in [0, 0.05) is 0 Å². The van der Waals surface area contributed by atoms with Crippen molar-refractivity contribution >= 4 is 23.2 Å². The molecular weight excluding hydrogens is 276 g/mol. The van der Waals surface area contributed by atoms with Crippen molar-refractivity contribution in [3.8, 4) is 0 Å². The van der Waals surface area contributed by atoms with Crippen LogP contribution in [0.15, 0.2) is 11.1 Å². The average Bonchev–Trinajstić information content (AvgIpc) is 2.00. The Bertz CT molecular complexity index is 253. The first-order valence-electron chi connectivity index (χ1n) is 3.26. The molecule has 1 atom stereocenters. The third kappa shape index (κ3) is 4.46. The maximum Gasteiger partial charge on any atom is 0.358 e. The van der Waals surface area contributed by atoms with Gasteiger partial charge in [-0.2, -0.15) is 17.6 Å². The van der Waals surface area contributed by atoms with Gasteiger partial charge in [-0.3, -0.25) is 0 Å². The maximum atomic E-state index is 12.5. The first kappa shape index (κ1) is 14.8. The van der Waals surface area contributed by atoms with Gasteiger partial charge in [0.05, 0.1) is 11.5 Å². The molecule has 0 aromatic rings. The van der Waals surface area contributed by atoms with Crippen LogP contribution in [0.1, 0.15) is 6.42 Å². The van der Waals surface area contributed by atoms with E-state index in [4.69, 9.17) is 0 Å². The predicted molar refractivity (Wildman–Crippen MR) is 40.4 cm³/mol. The van der Waals surface area contributed by atoms with Crippen LogP contribution < -0.4 is 0 Å². The molecule has 0 saturated carbocycles. The molecule has 15 heavy (non-hydrogen) atoms. The molecule has 9 heteroatoms. The first-order valence-corrected chi connectivity index (χ1v) is 4.02. The van der Waals surface area contributed by atoms with Crippen molar-refractivity contribution in [3.05, 3.63) is 11.1 Å². The second-order valence-electron chi connectivity index (χ2n) is 2.51. The van der Waals surface area contributed by atoms with Crippen LogP contribution in [0, 0.1) is 0 Å². The number of allylic oxidation sites excluding steroid dienone is 1. The van der Waals surface area contributed by atoms with E-state index in [-0.39, 0.29) is 0 Å². The molecule has 0 bridgehead atoms. The van der Waals surface area contributed by atoms with Crippen LogP contribution in [0.2, 0.25) is 0 Å². The molecule has 0 saturated heterocycles. The summed E-state index contributed by atoms with van der Waals surface area (Å²) in [6, 6.07) is 0. The van der Waals surface area contributed by atoms with Gasteiger partial charge in [0.2, 0.25) is 6.17 Å². The van der Waals surface area contributed by atoms with E-state index in [1.165, 1.54) is 0 Å². The standard InChI is InChI=1S/C6H3Cl2F7/c7-2(3(9)10)1-5(12,13)4(11)6(8,14)15/h4H,1H2. The molecule has 0 heterocycles. The maximum absolute atomic E-state index is 12.5. The fraction of sp³-hybridized carbons (Fsp3) is 0.667. The van der Waals surface area contributed by atoms with Crippen LogP contribution in [0.4, 0.5) is 30.7 Å². The molecule has 0 amide bonds. The van der Waals surface area contributed by atoms with E-state index in [0.717, 1.165) is 0 Å². The Hall–Kier alpha value is -0.170. The summed E-state index contributed by atoms with van der Waals surface area (Å²) in [5.74, 6) is -4.77. The SMILES string of the molecule is FC(F)=C(Cl)CC(F)(F)C(F)C(F)(F)Cl. The monoisotopic (exact) mass is 278 g/mol. The minimum atomic E-state index is -4.85. The Balaban J connectivity index is 4.78. The Morgan fingerprint density at radius 2 is 1.53 bits per heavy atom. The van der Waals surface area contributed by atoms with Crippen molar-refractivity contribution < 1.29 is 30.7 Å². The van der Waals surface area contributed by atoms with Crippen LogP contribution in [0.25, 0.3) is 0 Å². The third-order valence-corrected chi connectivity index (χ3v) is 1.72. The van der Waals surface area contributed by atoms with E-state index >= 15 is 0 Å². The van der Waals surface area contributed by atoms with Crippen LogP contribution in [-0.2, 0) is 0 Å². The Morgan fingerprint density at radius 3 is 1.80 bits per heavy atom. The molecule has 90 valence electrons. The Kier molecular flexibility index (Phi) is 4.72. The van der Waals surface area contributed by atoms with Crippen LogP contribution in [0.5, 0.6) is 0 Å². The fourth-order valence-electron chi connectivity index (χ4n) is 0.603. The minimum Gasteiger partial charge on any atom is -0.233 e. The molecule has 1 unspecified atom stereocenters. The number of hydrogen-bond donors (Lipinski definition) is 0. The summed E-state index contributed by atoms with van der Waals surface area (Å²) in [7, 11) is 0. The number of halogens is 9. The molecule has 0 nitrogen and oxygen atoms in total. The molecule has 0 rings (SSSR count). The van der Waals surface area contributed by atoms with Crippen molar-refractivity contribution in [3.63, 3.8) is 0 Å². The highest BCUT2D eigenvalue weighted by molar-refractivity contribution is 6.29. The predicted octanol–water partition coefficient (Wildman–Crippen LogP) is 4.53. The second-order valence-corrected chi connectivity index (χ2v) is 3.47. The van der Waals surface area contributed by atoms with Gasteiger partial charge in [0.1, 0.15) is 0 Å².